The van der Waals surface area contributed by atoms with E-state index in [0.717, 1.165) is 6.07 Å². The number of rotatable bonds is 4. The largest absolute Gasteiger partial charge is 0.327 e. The van der Waals surface area contributed by atoms with Crippen LogP contribution < -0.4 is 16.6 Å². The van der Waals surface area contributed by atoms with Crippen LogP contribution in [0.2, 0.25) is 0 Å². The molecule has 0 fully saturated rings. The molecule has 0 unspecified atom stereocenters. The third-order valence-electron chi connectivity index (χ3n) is 1.58. The molecule has 88 valence electrons. The first-order chi connectivity index (χ1) is 7.47. The van der Waals surface area contributed by atoms with E-state index in [1.165, 1.54) is 11.8 Å². The molecular formula is C9H13N3O3S. The van der Waals surface area contributed by atoms with Crippen LogP contribution in [0.3, 0.4) is 0 Å². The van der Waals surface area contributed by atoms with Crippen LogP contribution in [0.25, 0.3) is 0 Å². The van der Waals surface area contributed by atoms with E-state index >= 15 is 0 Å². The quantitative estimate of drug-likeness (QED) is 0.701. The predicted octanol–water partition coefficient (Wildman–Crippen LogP) is 0.143. The van der Waals surface area contributed by atoms with Crippen molar-refractivity contribution in [1.82, 2.24) is 9.97 Å². The minimum atomic E-state index is -0.640. The molecule has 6 nitrogen and oxygen atoms in total. The lowest BCUT2D eigenvalue weighted by Gasteiger charge is -2.05. The van der Waals surface area contributed by atoms with Crippen molar-refractivity contribution in [2.75, 3.05) is 11.1 Å². The molecule has 0 aliphatic heterocycles. The van der Waals surface area contributed by atoms with Crippen LogP contribution in [0.5, 0.6) is 0 Å². The molecule has 1 amide bonds. The smallest absolute Gasteiger partial charge is 0.311 e. The summed E-state index contributed by atoms with van der Waals surface area (Å²) >= 11 is 1.48. The molecule has 0 atom stereocenters. The van der Waals surface area contributed by atoms with Gasteiger partial charge >= 0.3 is 5.69 Å². The molecule has 0 aliphatic rings. The second kappa shape index (κ2) is 5.55. The van der Waals surface area contributed by atoms with Crippen molar-refractivity contribution in [3.63, 3.8) is 0 Å². The molecule has 1 rings (SSSR count). The highest BCUT2D eigenvalue weighted by molar-refractivity contribution is 8.00. The van der Waals surface area contributed by atoms with Crippen LogP contribution >= 0.6 is 11.8 Å². The summed E-state index contributed by atoms with van der Waals surface area (Å²) in [6, 6.07) is 1.12. The van der Waals surface area contributed by atoms with Gasteiger partial charge < -0.3 is 5.32 Å². The minimum absolute atomic E-state index is 0.114. The SMILES string of the molecule is CC(C)SCC(=O)Nc1cc(=O)[nH]c(=O)[nH]1. The number of aromatic amines is 2. The third-order valence-corrected chi connectivity index (χ3v) is 2.68. The molecule has 3 N–H and O–H groups in total. The van der Waals surface area contributed by atoms with Gasteiger partial charge in [0, 0.05) is 6.07 Å². The maximum Gasteiger partial charge on any atom is 0.327 e. The van der Waals surface area contributed by atoms with E-state index in [4.69, 9.17) is 0 Å². The van der Waals surface area contributed by atoms with Crippen molar-refractivity contribution in [3.05, 3.63) is 26.9 Å². The van der Waals surface area contributed by atoms with Gasteiger partial charge in [0.25, 0.3) is 5.56 Å². The zero-order chi connectivity index (χ0) is 12.1. The second-order valence-corrected chi connectivity index (χ2v) is 4.97. The average Bonchev–Trinajstić information content (AvgIpc) is 2.12. The topological polar surface area (TPSA) is 94.8 Å². The van der Waals surface area contributed by atoms with Gasteiger partial charge in [-0.15, -0.1) is 11.8 Å². The Balaban J connectivity index is 2.63. The van der Waals surface area contributed by atoms with Crippen molar-refractivity contribution >= 4 is 23.5 Å². The Morgan fingerprint density at radius 3 is 2.69 bits per heavy atom. The Morgan fingerprint density at radius 2 is 2.12 bits per heavy atom. The Labute approximate surface area is 95.9 Å². The van der Waals surface area contributed by atoms with Crippen LogP contribution in [-0.2, 0) is 4.79 Å². The molecule has 0 bridgehead atoms. The molecule has 1 aromatic heterocycles. The van der Waals surface area contributed by atoms with Crippen molar-refractivity contribution in [3.8, 4) is 0 Å². The molecule has 0 radical (unpaired) electrons. The van der Waals surface area contributed by atoms with Gasteiger partial charge in [-0.25, -0.2) is 4.79 Å². The molecular weight excluding hydrogens is 230 g/mol. The standard InChI is InChI=1S/C9H13N3O3S/c1-5(2)16-4-8(14)10-6-3-7(13)12-9(15)11-6/h3,5H,4H2,1-2H3,(H3,10,11,12,13,14,15). The summed E-state index contributed by atoms with van der Waals surface area (Å²) in [5, 5.41) is 2.79. The lowest BCUT2D eigenvalue weighted by molar-refractivity contribution is -0.113. The molecule has 16 heavy (non-hydrogen) atoms. The van der Waals surface area contributed by atoms with Crippen LogP contribution in [0.15, 0.2) is 15.7 Å². The van der Waals surface area contributed by atoms with E-state index in [0.29, 0.717) is 5.25 Å². The monoisotopic (exact) mass is 243 g/mol. The molecule has 1 aromatic rings. The molecule has 0 aliphatic carbocycles. The fraction of sp³-hybridized carbons (Fsp3) is 0.444. The number of hydrogen-bond acceptors (Lipinski definition) is 4. The van der Waals surface area contributed by atoms with Crippen molar-refractivity contribution in [2.45, 2.75) is 19.1 Å². The summed E-state index contributed by atoms with van der Waals surface area (Å²) in [4.78, 5) is 37.5. The van der Waals surface area contributed by atoms with Crippen LogP contribution in [0, 0.1) is 0 Å². The fourth-order valence-electron chi connectivity index (χ4n) is 0.965. The highest BCUT2D eigenvalue weighted by Gasteiger charge is 2.05. The molecule has 7 heteroatoms. The number of aromatic nitrogens is 2. The molecule has 1 heterocycles. The minimum Gasteiger partial charge on any atom is -0.311 e. The first-order valence-corrected chi connectivity index (χ1v) is 5.77. The Morgan fingerprint density at radius 1 is 1.44 bits per heavy atom. The van der Waals surface area contributed by atoms with E-state index in [-0.39, 0.29) is 17.5 Å². The predicted molar refractivity (Wildman–Crippen MR) is 63.9 cm³/mol. The van der Waals surface area contributed by atoms with E-state index in [1.807, 2.05) is 18.8 Å². The van der Waals surface area contributed by atoms with Crippen molar-refractivity contribution in [1.29, 1.82) is 0 Å². The Hall–Kier alpha value is -1.50. The van der Waals surface area contributed by atoms with Gasteiger partial charge in [-0.05, 0) is 5.25 Å². The molecule has 0 spiro atoms. The van der Waals surface area contributed by atoms with Gasteiger partial charge in [0.2, 0.25) is 5.91 Å². The van der Waals surface area contributed by atoms with Crippen molar-refractivity contribution in [2.24, 2.45) is 0 Å². The average molecular weight is 243 g/mol. The fourth-order valence-corrected chi connectivity index (χ4v) is 1.52. The van der Waals surface area contributed by atoms with Crippen LogP contribution in [0.4, 0.5) is 5.82 Å². The van der Waals surface area contributed by atoms with E-state index < -0.39 is 11.2 Å². The number of nitrogens with one attached hydrogen (secondary N) is 3. The molecule has 0 saturated heterocycles. The number of carbonyl (C=O) groups excluding carboxylic acids is 1. The van der Waals surface area contributed by atoms with E-state index in [2.05, 4.69) is 10.3 Å². The number of hydrogen-bond donors (Lipinski definition) is 3. The number of thioether (sulfide) groups is 1. The summed E-state index contributed by atoms with van der Waals surface area (Å²) < 4.78 is 0. The summed E-state index contributed by atoms with van der Waals surface area (Å²) in [6.45, 7) is 3.96. The summed E-state index contributed by atoms with van der Waals surface area (Å²) in [7, 11) is 0. The molecule has 0 aromatic carbocycles. The summed E-state index contributed by atoms with van der Waals surface area (Å²) in [5.41, 5.74) is -1.19. The lowest BCUT2D eigenvalue weighted by Crippen LogP contribution is -2.25. The van der Waals surface area contributed by atoms with E-state index in [1.54, 1.807) is 0 Å². The van der Waals surface area contributed by atoms with Gasteiger partial charge in [0.15, 0.2) is 0 Å². The van der Waals surface area contributed by atoms with Gasteiger partial charge in [-0.3, -0.25) is 19.6 Å². The zero-order valence-electron chi connectivity index (χ0n) is 8.99. The lowest BCUT2D eigenvalue weighted by atomic mass is 10.5. The van der Waals surface area contributed by atoms with Gasteiger partial charge in [-0.2, -0.15) is 0 Å². The maximum atomic E-state index is 11.4. The van der Waals surface area contributed by atoms with Gasteiger partial charge in [0.1, 0.15) is 5.82 Å². The van der Waals surface area contributed by atoms with E-state index in [9.17, 15) is 14.4 Å². The third kappa shape index (κ3) is 4.35. The molecule has 0 saturated carbocycles. The highest BCUT2D eigenvalue weighted by atomic mass is 32.2. The van der Waals surface area contributed by atoms with Crippen molar-refractivity contribution < 1.29 is 4.79 Å². The number of carbonyl (C=O) groups is 1. The number of amides is 1. The maximum absolute atomic E-state index is 11.4. The van der Waals surface area contributed by atoms with Crippen LogP contribution in [-0.4, -0.2) is 26.9 Å². The highest BCUT2D eigenvalue weighted by Crippen LogP contribution is 2.08. The van der Waals surface area contributed by atoms with Crippen LogP contribution in [0.1, 0.15) is 13.8 Å². The summed E-state index contributed by atoms with van der Waals surface area (Å²) in [6.07, 6.45) is 0. The normalized spacial score (nSPS) is 10.4. The number of H-pyrrole nitrogens is 2. The first kappa shape index (κ1) is 12.6. The van der Waals surface area contributed by atoms with Gasteiger partial charge in [0.05, 0.1) is 5.75 Å². The second-order valence-electron chi connectivity index (χ2n) is 3.41. The summed E-state index contributed by atoms with van der Waals surface area (Å²) in [5.74, 6) is 0.148. The number of anilines is 1. The Bertz CT molecular complexity index is 449. The van der Waals surface area contributed by atoms with Gasteiger partial charge in [-0.1, -0.05) is 13.8 Å². The zero-order valence-corrected chi connectivity index (χ0v) is 9.81. The first-order valence-electron chi connectivity index (χ1n) is 4.72. The Kier molecular flexibility index (Phi) is 4.36.